The molecule has 0 saturated carbocycles. The van der Waals surface area contributed by atoms with E-state index in [4.69, 9.17) is 10.00 Å². The zero-order valence-electron chi connectivity index (χ0n) is 15.4. The van der Waals surface area contributed by atoms with E-state index in [0.717, 1.165) is 30.7 Å². The first-order chi connectivity index (χ1) is 13.1. The molecule has 9 heteroatoms. The van der Waals surface area contributed by atoms with E-state index in [1.54, 1.807) is 24.3 Å². The van der Waals surface area contributed by atoms with Gasteiger partial charge in [-0.25, -0.2) is 0 Å². The molecule has 1 aromatic carbocycles. The zero-order chi connectivity index (χ0) is 19.2. The summed E-state index contributed by atoms with van der Waals surface area (Å²) in [5.41, 5.74) is 1.22. The Kier molecular flexibility index (Phi) is 6.32. The Balaban J connectivity index is 1.65. The Hall–Kier alpha value is -2.57. The van der Waals surface area contributed by atoms with Gasteiger partial charge in [-0.1, -0.05) is 11.8 Å². The van der Waals surface area contributed by atoms with Crippen molar-refractivity contribution < 1.29 is 9.53 Å². The number of nitriles is 1. The molecule has 0 unspecified atom stereocenters. The summed E-state index contributed by atoms with van der Waals surface area (Å²) >= 11 is 1.38. The van der Waals surface area contributed by atoms with Crippen LogP contribution < -0.4 is 10.2 Å². The molecule has 1 aliphatic rings. The summed E-state index contributed by atoms with van der Waals surface area (Å²) < 4.78 is 7.42. The second-order valence-electron chi connectivity index (χ2n) is 6.06. The van der Waals surface area contributed by atoms with Crippen LogP contribution in [-0.4, -0.2) is 52.2 Å². The summed E-state index contributed by atoms with van der Waals surface area (Å²) in [7, 11) is 0. The van der Waals surface area contributed by atoms with Crippen LogP contribution in [0.5, 0.6) is 0 Å². The van der Waals surface area contributed by atoms with E-state index < -0.39 is 0 Å². The fourth-order valence-electron chi connectivity index (χ4n) is 2.73. The summed E-state index contributed by atoms with van der Waals surface area (Å²) in [5.74, 6) is 0.700. The predicted molar refractivity (Wildman–Crippen MR) is 104 cm³/mol. The number of ether oxygens (including phenoxy) is 1. The molecule has 3 rings (SSSR count). The molecule has 2 heterocycles. The van der Waals surface area contributed by atoms with Gasteiger partial charge in [0.15, 0.2) is 5.16 Å². The van der Waals surface area contributed by atoms with E-state index in [2.05, 4.69) is 26.5 Å². The van der Waals surface area contributed by atoms with Gasteiger partial charge in [0.1, 0.15) is 0 Å². The van der Waals surface area contributed by atoms with Gasteiger partial charge in [-0.3, -0.25) is 9.36 Å². The average Bonchev–Trinajstić information content (AvgIpc) is 3.11. The molecular formula is C18H22N6O2S. The highest BCUT2D eigenvalue weighted by Crippen LogP contribution is 2.26. The molecule has 27 heavy (non-hydrogen) atoms. The summed E-state index contributed by atoms with van der Waals surface area (Å²) in [6.07, 6.45) is 0. The summed E-state index contributed by atoms with van der Waals surface area (Å²) in [6.45, 7) is 7.55. The fraction of sp³-hybridized carbons (Fsp3) is 0.444. The molecule has 0 bridgehead atoms. The summed E-state index contributed by atoms with van der Waals surface area (Å²) in [5, 5.41) is 20.7. The minimum atomic E-state index is -0.340. The smallest absolute Gasteiger partial charge is 0.237 e. The predicted octanol–water partition coefficient (Wildman–Crippen LogP) is 2.13. The average molecular weight is 386 g/mol. The molecule has 1 fully saturated rings. The Morgan fingerprint density at radius 2 is 2.04 bits per heavy atom. The van der Waals surface area contributed by atoms with Crippen LogP contribution in [-0.2, 0) is 16.1 Å². The number of aromatic nitrogens is 3. The lowest BCUT2D eigenvalue weighted by molar-refractivity contribution is -0.115. The van der Waals surface area contributed by atoms with Crippen LogP contribution in [0, 0.1) is 11.3 Å². The number of hydrogen-bond donors (Lipinski definition) is 1. The number of nitrogens with one attached hydrogen (secondary N) is 1. The van der Waals surface area contributed by atoms with Gasteiger partial charge in [-0.15, -0.1) is 10.2 Å². The molecule has 1 saturated heterocycles. The lowest BCUT2D eigenvalue weighted by atomic mass is 10.2. The number of carbonyl (C=O) groups excluding carboxylic acids is 1. The van der Waals surface area contributed by atoms with Crippen LogP contribution in [0.15, 0.2) is 29.4 Å². The molecular weight excluding hydrogens is 364 g/mol. The SMILES string of the molecule is CCn1c(S[C@H](C)C(=O)Nc2ccc(C#N)cc2)nnc1N1CCOCC1. The first-order valence-electron chi connectivity index (χ1n) is 8.86. The highest BCUT2D eigenvalue weighted by atomic mass is 32.2. The molecule has 1 aliphatic heterocycles. The molecule has 0 radical (unpaired) electrons. The fourth-order valence-corrected chi connectivity index (χ4v) is 3.63. The van der Waals surface area contributed by atoms with Gasteiger partial charge in [0.25, 0.3) is 0 Å². The van der Waals surface area contributed by atoms with Crippen molar-refractivity contribution in [2.24, 2.45) is 0 Å². The van der Waals surface area contributed by atoms with Gasteiger partial charge in [-0.2, -0.15) is 5.26 Å². The number of benzene rings is 1. The highest BCUT2D eigenvalue weighted by Gasteiger charge is 2.23. The van der Waals surface area contributed by atoms with Crippen molar-refractivity contribution in [3.05, 3.63) is 29.8 Å². The molecule has 142 valence electrons. The molecule has 1 atom stereocenters. The maximum Gasteiger partial charge on any atom is 0.237 e. The molecule has 1 N–H and O–H groups in total. The maximum absolute atomic E-state index is 12.5. The third-order valence-electron chi connectivity index (χ3n) is 4.24. The number of amides is 1. The first kappa shape index (κ1) is 19.2. The van der Waals surface area contributed by atoms with Crippen LogP contribution in [0.2, 0.25) is 0 Å². The second-order valence-corrected chi connectivity index (χ2v) is 7.37. The third kappa shape index (κ3) is 4.59. The van der Waals surface area contributed by atoms with Gasteiger partial charge in [0, 0.05) is 25.3 Å². The van der Waals surface area contributed by atoms with Crippen molar-refractivity contribution in [2.45, 2.75) is 30.8 Å². The Morgan fingerprint density at radius 1 is 1.33 bits per heavy atom. The van der Waals surface area contributed by atoms with Gasteiger partial charge in [0.05, 0.1) is 30.1 Å². The second kappa shape index (κ2) is 8.88. The van der Waals surface area contributed by atoms with Crippen molar-refractivity contribution in [1.82, 2.24) is 14.8 Å². The molecule has 1 aromatic heterocycles. The Bertz CT molecular complexity index is 823. The summed E-state index contributed by atoms with van der Waals surface area (Å²) in [6, 6.07) is 8.85. The van der Waals surface area contributed by atoms with Crippen molar-refractivity contribution in [3.8, 4) is 6.07 Å². The number of hydrogen-bond acceptors (Lipinski definition) is 7. The minimum Gasteiger partial charge on any atom is -0.378 e. The lowest BCUT2D eigenvalue weighted by Crippen LogP contribution is -2.38. The van der Waals surface area contributed by atoms with Crippen molar-refractivity contribution in [1.29, 1.82) is 5.26 Å². The van der Waals surface area contributed by atoms with Crippen molar-refractivity contribution in [3.63, 3.8) is 0 Å². The standard InChI is InChI=1S/C18H22N6O2S/c1-3-24-17(23-8-10-26-11-9-23)21-22-18(24)27-13(2)16(25)20-15-6-4-14(12-19)5-7-15/h4-7,13H,3,8-11H2,1-2H3,(H,20,25)/t13-/m1/s1. The highest BCUT2D eigenvalue weighted by molar-refractivity contribution is 8.00. The van der Waals surface area contributed by atoms with E-state index in [9.17, 15) is 4.79 Å². The van der Waals surface area contributed by atoms with Crippen LogP contribution in [0.25, 0.3) is 0 Å². The van der Waals surface area contributed by atoms with Gasteiger partial charge >= 0.3 is 0 Å². The molecule has 0 spiro atoms. The van der Waals surface area contributed by atoms with Gasteiger partial charge in [0.2, 0.25) is 11.9 Å². The van der Waals surface area contributed by atoms with Crippen LogP contribution in [0.1, 0.15) is 19.4 Å². The molecule has 0 aliphatic carbocycles. The number of carbonyl (C=O) groups is 1. The molecule has 1 amide bonds. The summed E-state index contributed by atoms with van der Waals surface area (Å²) in [4.78, 5) is 14.7. The van der Waals surface area contributed by atoms with Crippen LogP contribution in [0.4, 0.5) is 11.6 Å². The zero-order valence-corrected chi connectivity index (χ0v) is 16.2. The first-order valence-corrected chi connectivity index (χ1v) is 9.74. The number of morpholine rings is 1. The van der Waals surface area contributed by atoms with Crippen molar-refractivity contribution >= 4 is 29.3 Å². The van der Waals surface area contributed by atoms with E-state index in [1.165, 1.54) is 11.8 Å². The Labute approximate surface area is 162 Å². The van der Waals surface area contributed by atoms with E-state index in [0.29, 0.717) is 24.5 Å². The molecule has 8 nitrogen and oxygen atoms in total. The van der Waals surface area contributed by atoms with Gasteiger partial charge in [-0.05, 0) is 38.1 Å². The molecule has 2 aromatic rings. The topological polar surface area (TPSA) is 96.1 Å². The number of thioether (sulfide) groups is 1. The number of rotatable bonds is 6. The van der Waals surface area contributed by atoms with Gasteiger partial charge < -0.3 is 15.0 Å². The van der Waals surface area contributed by atoms with Crippen LogP contribution >= 0.6 is 11.8 Å². The van der Waals surface area contributed by atoms with E-state index in [-0.39, 0.29) is 11.2 Å². The normalized spacial score (nSPS) is 15.2. The monoisotopic (exact) mass is 386 g/mol. The largest absolute Gasteiger partial charge is 0.378 e. The van der Waals surface area contributed by atoms with Crippen molar-refractivity contribution in [2.75, 3.05) is 36.5 Å². The minimum absolute atomic E-state index is 0.122. The number of nitrogens with zero attached hydrogens (tertiary/aromatic N) is 5. The lowest BCUT2D eigenvalue weighted by Gasteiger charge is -2.27. The number of anilines is 2. The maximum atomic E-state index is 12.5. The quantitative estimate of drug-likeness (QED) is 0.760. The van der Waals surface area contributed by atoms with E-state index in [1.807, 2.05) is 18.4 Å². The Morgan fingerprint density at radius 3 is 2.67 bits per heavy atom. The third-order valence-corrected chi connectivity index (χ3v) is 5.32. The van der Waals surface area contributed by atoms with E-state index >= 15 is 0 Å². The van der Waals surface area contributed by atoms with Crippen LogP contribution in [0.3, 0.4) is 0 Å².